The Morgan fingerprint density at radius 3 is 3.06 bits per heavy atom. The number of carbonyl (C=O) groups is 1. The first-order valence-corrected chi connectivity index (χ1v) is 5.70. The molecule has 3 rings (SSSR count). The highest BCUT2D eigenvalue weighted by atomic mass is 16.5. The summed E-state index contributed by atoms with van der Waals surface area (Å²) in [6, 6.07) is 6.04. The molecule has 0 heterocycles. The molecule has 0 aliphatic heterocycles. The average Bonchev–Trinajstić information content (AvgIpc) is 2.83. The van der Waals surface area contributed by atoms with Gasteiger partial charge in [0.1, 0.15) is 5.75 Å². The van der Waals surface area contributed by atoms with E-state index in [1.54, 1.807) is 0 Å². The molecule has 0 radical (unpaired) electrons. The van der Waals surface area contributed by atoms with Gasteiger partial charge in [-0.15, -0.1) is 0 Å². The number of hydrogen-bond acceptors (Lipinski definition) is 2. The molecule has 1 saturated carbocycles. The topological polar surface area (TPSA) is 46.5 Å². The zero-order chi connectivity index (χ0) is 11.3. The largest absolute Gasteiger partial charge is 0.494 e. The number of carboxylic acids is 1. The normalized spacial score (nSPS) is 29.4. The van der Waals surface area contributed by atoms with Gasteiger partial charge < -0.3 is 9.84 Å². The van der Waals surface area contributed by atoms with E-state index in [0.29, 0.717) is 12.5 Å². The number of aliphatic carboxylic acids is 1. The lowest BCUT2D eigenvalue weighted by atomic mass is 10.0. The Kier molecular flexibility index (Phi) is 1.96. The number of rotatable bonds is 3. The number of carboxylic acid groups (broad SMARTS) is 1. The Bertz CT molecular complexity index is 452. The average molecular weight is 218 g/mol. The van der Waals surface area contributed by atoms with Gasteiger partial charge in [-0.3, -0.25) is 4.79 Å². The summed E-state index contributed by atoms with van der Waals surface area (Å²) in [6.45, 7) is 2.63. The van der Waals surface area contributed by atoms with E-state index < -0.39 is 5.97 Å². The molecule has 16 heavy (non-hydrogen) atoms. The Morgan fingerprint density at radius 1 is 1.56 bits per heavy atom. The van der Waals surface area contributed by atoms with Crippen LogP contribution in [0.5, 0.6) is 5.75 Å². The molecule has 3 heteroatoms. The van der Waals surface area contributed by atoms with Gasteiger partial charge in [-0.1, -0.05) is 6.07 Å². The lowest BCUT2D eigenvalue weighted by Gasteiger charge is -2.08. The van der Waals surface area contributed by atoms with Crippen LogP contribution in [0.3, 0.4) is 0 Å². The van der Waals surface area contributed by atoms with Crippen molar-refractivity contribution in [2.24, 2.45) is 11.8 Å². The molecular formula is C13H14O3. The third-order valence-corrected chi connectivity index (χ3v) is 3.69. The van der Waals surface area contributed by atoms with E-state index in [1.165, 1.54) is 11.1 Å². The smallest absolute Gasteiger partial charge is 0.307 e. The van der Waals surface area contributed by atoms with Gasteiger partial charge in [0.05, 0.1) is 12.5 Å². The quantitative estimate of drug-likeness (QED) is 0.844. The zero-order valence-electron chi connectivity index (χ0n) is 9.14. The predicted octanol–water partition coefficient (Wildman–Crippen LogP) is 2.06. The van der Waals surface area contributed by atoms with Crippen LogP contribution in [0.2, 0.25) is 0 Å². The number of ether oxygens (including phenoxy) is 1. The second kappa shape index (κ2) is 3.24. The van der Waals surface area contributed by atoms with Crippen molar-refractivity contribution in [3.63, 3.8) is 0 Å². The molecule has 2 aliphatic carbocycles. The minimum atomic E-state index is -0.644. The van der Waals surface area contributed by atoms with Crippen molar-refractivity contribution in [1.82, 2.24) is 0 Å². The van der Waals surface area contributed by atoms with Crippen LogP contribution < -0.4 is 4.74 Å². The van der Waals surface area contributed by atoms with Gasteiger partial charge >= 0.3 is 5.97 Å². The molecule has 1 aromatic carbocycles. The standard InChI is InChI=1S/C13H14O3/c1-2-16-8-3-4-9-7(5-8)6-10-11(9)12(10)13(14)15/h3-5,10-12H,2,6H2,1H3,(H,14,15). The van der Waals surface area contributed by atoms with Crippen molar-refractivity contribution >= 4 is 5.97 Å². The van der Waals surface area contributed by atoms with E-state index in [2.05, 4.69) is 6.07 Å². The monoisotopic (exact) mass is 218 g/mol. The fourth-order valence-corrected chi connectivity index (χ4v) is 2.98. The van der Waals surface area contributed by atoms with Gasteiger partial charge in [0.15, 0.2) is 0 Å². The lowest BCUT2D eigenvalue weighted by molar-refractivity contribution is -0.139. The van der Waals surface area contributed by atoms with Crippen LogP contribution in [-0.2, 0) is 11.2 Å². The summed E-state index contributed by atoms with van der Waals surface area (Å²) in [5, 5.41) is 9.00. The third kappa shape index (κ3) is 1.24. The molecule has 0 saturated heterocycles. The van der Waals surface area contributed by atoms with Crippen molar-refractivity contribution < 1.29 is 14.6 Å². The Hall–Kier alpha value is -1.51. The van der Waals surface area contributed by atoms with E-state index in [9.17, 15) is 4.79 Å². The Labute approximate surface area is 94.0 Å². The van der Waals surface area contributed by atoms with E-state index >= 15 is 0 Å². The van der Waals surface area contributed by atoms with Crippen LogP contribution in [0.4, 0.5) is 0 Å². The van der Waals surface area contributed by atoms with Gasteiger partial charge in [-0.05, 0) is 42.5 Å². The van der Waals surface area contributed by atoms with Crippen molar-refractivity contribution in [1.29, 1.82) is 0 Å². The van der Waals surface area contributed by atoms with Gasteiger partial charge in [0.2, 0.25) is 0 Å². The van der Waals surface area contributed by atoms with Crippen LogP contribution in [-0.4, -0.2) is 17.7 Å². The summed E-state index contributed by atoms with van der Waals surface area (Å²) < 4.78 is 5.44. The van der Waals surface area contributed by atoms with E-state index in [-0.39, 0.29) is 11.8 Å². The molecule has 0 amide bonds. The van der Waals surface area contributed by atoms with Crippen molar-refractivity contribution in [2.45, 2.75) is 19.3 Å². The first-order valence-electron chi connectivity index (χ1n) is 5.70. The molecule has 1 N–H and O–H groups in total. The van der Waals surface area contributed by atoms with Crippen molar-refractivity contribution in [2.75, 3.05) is 6.61 Å². The molecule has 3 nitrogen and oxygen atoms in total. The van der Waals surface area contributed by atoms with Crippen LogP contribution in [0, 0.1) is 11.8 Å². The van der Waals surface area contributed by atoms with Gasteiger partial charge in [-0.25, -0.2) is 0 Å². The lowest BCUT2D eigenvalue weighted by Crippen LogP contribution is -2.05. The number of fused-ring (bicyclic) bond motifs is 3. The minimum absolute atomic E-state index is 0.134. The fourth-order valence-electron chi connectivity index (χ4n) is 2.98. The minimum Gasteiger partial charge on any atom is -0.494 e. The second-order valence-corrected chi connectivity index (χ2v) is 4.55. The molecule has 1 aromatic rings. The van der Waals surface area contributed by atoms with Crippen LogP contribution in [0.25, 0.3) is 0 Å². The maximum Gasteiger partial charge on any atom is 0.307 e. The number of benzene rings is 1. The van der Waals surface area contributed by atoms with E-state index in [4.69, 9.17) is 9.84 Å². The molecule has 0 aromatic heterocycles. The van der Waals surface area contributed by atoms with Crippen molar-refractivity contribution in [3.8, 4) is 5.75 Å². The Balaban J connectivity index is 1.87. The maximum atomic E-state index is 10.9. The number of hydrogen-bond donors (Lipinski definition) is 1. The maximum absolute atomic E-state index is 10.9. The molecule has 2 aliphatic rings. The molecule has 0 bridgehead atoms. The summed E-state index contributed by atoms with van der Waals surface area (Å²) in [4.78, 5) is 10.9. The predicted molar refractivity (Wildman–Crippen MR) is 58.7 cm³/mol. The highest BCUT2D eigenvalue weighted by molar-refractivity contribution is 5.77. The van der Waals surface area contributed by atoms with Gasteiger partial charge in [0, 0.05) is 5.92 Å². The molecule has 0 spiro atoms. The summed E-state index contributed by atoms with van der Waals surface area (Å²) in [5.74, 6) is 0.724. The highest BCUT2D eigenvalue weighted by Crippen LogP contribution is 2.61. The van der Waals surface area contributed by atoms with Crippen LogP contribution >= 0.6 is 0 Å². The third-order valence-electron chi connectivity index (χ3n) is 3.69. The molecular weight excluding hydrogens is 204 g/mol. The molecule has 3 atom stereocenters. The molecule has 84 valence electrons. The SMILES string of the molecule is CCOc1ccc2c(c1)CC1C(C(=O)O)C21. The first kappa shape index (κ1) is 9.70. The second-order valence-electron chi connectivity index (χ2n) is 4.55. The summed E-state index contributed by atoms with van der Waals surface area (Å²) >= 11 is 0. The molecule has 3 unspecified atom stereocenters. The van der Waals surface area contributed by atoms with Crippen molar-refractivity contribution in [3.05, 3.63) is 29.3 Å². The van der Waals surface area contributed by atoms with Crippen LogP contribution in [0.15, 0.2) is 18.2 Å². The fraction of sp³-hybridized carbons (Fsp3) is 0.462. The summed E-state index contributed by atoms with van der Waals surface area (Å²) in [5.41, 5.74) is 2.50. The highest BCUT2D eigenvalue weighted by Gasteiger charge is 2.59. The summed E-state index contributed by atoms with van der Waals surface area (Å²) in [7, 11) is 0. The summed E-state index contributed by atoms with van der Waals surface area (Å²) in [6.07, 6.45) is 0.901. The molecule has 1 fully saturated rings. The van der Waals surface area contributed by atoms with Crippen LogP contribution in [0.1, 0.15) is 24.0 Å². The van der Waals surface area contributed by atoms with E-state index in [1.807, 2.05) is 19.1 Å². The Morgan fingerprint density at radius 2 is 2.38 bits per heavy atom. The zero-order valence-corrected chi connectivity index (χ0v) is 9.14. The first-order chi connectivity index (χ1) is 7.72. The van der Waals surface area contributed by atoms with Gasteiger partial charge in [-0.2, -0.15) is 0 Å². The van der Waals surface area contributed by atoms with E-state index in [0.717, 1.165) is 12.2 Å². The van der Waals surface area contributed by atoms with Gasteiger partial charge in [0.25, 0.3) is 0 Å².